The Hall–Kier alpha value is -1.08. The van der Waals surface area contributed by atoms with Crippen molar-refractivity contribution in [3.8, 4) is 0 Å². The summed E-state index contributed by atoms with van der Waals surface area (Å²) in [6.45, 7) is 8.17. The summed E-state index contributed by atoms with van der Waals surface area (Å²) in [6, 6.07) is 6.81. The highest BCUT2D eigenvalue weighted by atomic mass is 14.4. The summed E-state index contributed by atoms with van der Waals surface area (Å²) in [5, 5.41) is 0. The molecule has 0 saturated carbocycles. The third-order valence-corrected chi connectivity index (χ3v) is 2.25. The molecule has 0 amide bonds. The first-order valence-electron chi connectivity index (χ1n) is 5.02. The second-order valence-electron chi connectivity index (χ2n) is 3.13. The highest BCUT2D eigenvalue weighted by Gasteiger charge is 2.08. The maximum atomic E-state index is 4.50. The van der Waals surface area contributed by atoms with Crippen molar-refractivity contribution >= 4 is 0 Å². The number of aryl methyl sites for hydroxylation is 3. The predicted octanol–water partition coefficient (Wildman–Crippen LogP) is 2.86. The van der Waals surface area contributed by atoms with Crippen molar-refractivity contribution in [2.45, 2.75) is 26.2 Å². The Kier molecular flexibility index (Phi) is 6.77. The van der Waals surface area contributed by atoms with E-state index in [4.69, 9.17) is 0 Å². The average Bonchev–Trinajstić information content (AvgIpc) is 2.71. The van der Waals surface area contributed by atoms with Crippen LogP contribution in [-0.4, -0.2) is 7.05 Å². The highest BCUT2D eigenvalue weighted by Crippen LogP contribution is 2.22. The van der Waals surface area contributed by atoms with Crippen molar-refractivity contribution in [3.05, 3.63) is 48.0 Å². The number of nitrogens with two attached hydrogens (primary N) is 1. The van der Waals surface area contributed by atoms with Crippen LogP contribution in [0.1, 0.15) is 23.1 Å². The Morgan fingerprint density at radius 2 is 1.64 bits per heavy atom. The van der Waals surface area contributed by atoms with Gasteiger partial charge in [-0.15, -0.1) is 13.2 Å². The van der Waals surface area contributed by atoms with Gasteiger partial charge < -0.3 is 5.73 Å². The lowest BCUT2D eigenvalue weighted by atomic mass is 10.1. The summed E-state index contributed by atoms with van der Waals surface area (Å²) in [5.41, 5.74) is 9.06. The fourth-order valence-corrected chi connectivity index (χ4v) is 1.70. The van der Waals surface area contributed by atoms with Crippen LogP contribution in [-0.2, 0) is 12.8 Å². The molecule has 0 saturated heterocycles. The van der Waals surface area contributed by atoms with Gasteiger partial charge in [-0.3, -0.25) is 0 Å². The Morgan fingerprint density at radius 1 is 1.07 bits per heavy atom. The number of fused-ring (bicyclic) bond motifs is 1. The molecule has 2 rings (SSSR count). The zero-order chi connectivity index (χ0) is 11.0. The predicted molar refractivity (Wildman–Crippen MR) is 64.6 cm³/mol. The van der Waals surface area contributed by atoms with Crippen molar-refractivity contribution in [1.29, 1.82) is 0 Å². The van der Waals surface area contributed by atoms with Crippen molar-refractivity contribution in [2.24, 2.45) is 5.73 Å². The van der Waals surface area contributed by atoms with Crippen LogP contribution in [0, 0.1) is 6.92 Å². The molecule has 0 heterocycles. The Morgan fingerprint density at radius 3 is 2.29 bits per heavy atom. The quantitative estimate of drug-likeness (QED) is 0.627. The van der Waals surface area contributed by atoms with Crippen LogP contribution in [0.15, 0.2) is 31.4 Å². The maximum Gasteiger partial charge on any atom is -0.0195 e. The lowest BCUT2D eigenvalue weighted by Crippen LogP contribution is -1.81. The van der Waals surface area contributed by atoms with Gasteiger partial charge in [-0.05, 0) is 44.4 Å². The molecule has 2 N–H and O–H groups in total. The van der Waals surface area contributed by atoms with Gasteiger partial charge in [0.15, 0.2) is 0 Å². The molecular formula is C13H21N. The van der Waals surface area contributed by atoms with Crippen LogP contribution >= 0.6 is 0 Å². The Bertz CT molecular complexity index is 266. The fourth-order valence-electron chi connectivity index (χ4n) is 1.70. The summed E-state index contributed by atoms with van der Waals surface area (Å²) in [7, 11) is 1.50. The third-order valence-electron chi connectivity index (χ3n) is 2.25. The van der Waals surface area contributed by atoms with Gasteiger partial charge in [0.05, 0.1) is 0 Å². The molecule has 1 heteroatoms. The van der Waals surface area contributed by atoms with E-state index in [2.05, 4.69) is 44.0 Å². The van der Waals surface area contributed by atoms with Gasteiger partial charge in [-0.25, -0.2) is 0 Å². The van der Waals surface area contributed by atoms with Gasteiger partial charge >= 0.3 is 0 Å². The molecule has 0 unspecified atom stereocenters. The van der Waals surface area contributed by atoms with E-state index in [1.54, 1.807) is 11.1 Å². The molecule has 0 atom stereocenters. The van der Waals surface area contributed by atoms with Gasteiger partial charge in [0.2, 0.25) is 0 Å². The van der Waals surface area contributed by atoms with E-state index >= 15 is 0 Å². The number of hydrogen-bond acceptors (Lipinski definition) is 1. The minimum atomic E-state index is 1.30. The van der Waals surface area contributed by atoms with E-state index in [0.29, 0.717) is 0 Å². The van der Waals surface area contributed by atoms with E-state index in [-0.39, 0.29) is 0 Å². The molecule has 0 bridgehead atoms. The van der Waals surface area contributed by atoms with Gasteiger partial charge in [-0.1, -0.05) is 23.8 Å². The molecule has 0 aliphatic heterocycles. The largest absolute Gasteiger partial charge is 0.333 e. The summed E-state index contributed by atoms with van der Waals surface area (Å²) >= 11 is 0. The van der Waals surface area contributed by atoms with E-state index in [0.717, 1.165) is 0 Å². The van der Waals surface area contributed by atoms with Crippen LogP contribution in [0.4, 0.5) is 0 Å². The minimum absolute atomic E-state index is 1.30. The molecule has 0 aromatic heterocycles. The molecule has 14 heavy (non-hydrogen) atoms. The minimum Gasteiger partial charge on any atom is -0.333 e. The first-order chi connectivity index (χ1) is 6.86. The second-order valence-corrected chi connectivity index (χ2v) is 3.13. The molecule has 1 aromatic carbocycles. The number of benzene rings is 1. The summed E-state index contributed by atoms with van der Waals surface area (Å²) in [5.74, 6) is 0. The van der Waals surface area contributed by atoms with Crippen LogP contribution in [0.3, 0.4) is 0 Å². The van der Waals surface area contributed by atoms with Gasteiger partial charge in [0.25, 0.3) is 0 Å². The molecule has 1 aliphatic rings. The van der Waals surface area contributed by atoms with Crippen molar-refractivity contribution in [3.63, 3.8) is 0 Å². The van der Waals surface area contributed by atoms with Crippen molar-refractivity contribution < 1.29 is 0 Å². The molecule has 0 spiro atoms. The molecule has 78 valence electrons. The average molecular weight is 191 g/mol. The summed E-state index contributed by atoms with van der Waals surface area (Å²) < 4.78 is 0. The van der Waals surface area contributed by atoms with Crippen molar-refractivity contribution in [2.75, 3.05) is 7.05 Å². The molecule has 1 aliphatic carbocycles. The second kappa shape index (κ2) is 7.34. The lowest BCUT2D eigenvalue weighted by molar-refractivity contribution is 0.911. The maximum absolute atomic E-state index is 4.50. The summed E-state index contributed by atoms with van der Waals surface area (Å²) in [6.07, 6.45) is 3.96. The molecule has 0 radical (unpaired) electrons. The number of hydrogen-bond donors (Lipinski definition) is 1. The topological polar surface area (TPSA) is 26.0 Å². The van der Waals surface area contributed by atoms with E-state index in [1.165, 1.54) is 31.9 Å². The Labute approximate surface area is 87.6 Å². The van der Waals surface area contributed by atoms with E-state index < -0.39 is 0 Å². The zero-order valence-electron chi connectivity index (χ0n) is 9.34. The van der Waals surface area contributed by atoms with E-state index in [9.17, 15) is 0 Å². The Balaban J connectivity index is 0.000000379. The zero-order valence-corrected chi connectivity index (χ0v) is 9.34. The monoisotopic (exact) mass is 191 g/mol. The first kappa shape index (κ1) is 12.9. The normalized spacial score (nSPS) is 11.6. The van der Waals surface area contributed by atoms with Gasteiger partial charge in [0.1, 0.15) is 0 Å². The third kappa shape index (κ3) is 3.35. The fraction of sp³-hybridized carbons (Fsp3) is 0.385. The molecule has 1 nitrogen and oxygen atoms in total. The number of rotatable bonds is 0. The van der Waals surface area contributed by atoms with Crippen LogP contribution < -0.4 is 5.73 Å². The van der Waals surface area contributed by atoms with Crippen molar-refractivity contribution in [1.82, 2.24) is 0 Å². The van der Waals surface area contributed by atoms with Crippen LogP contribution in [0.5, 0.6) is 0 Å². The smallest absolute Gasteiger partial charge is 0.0195 e. The van der Waals surface area contributed by atoms with E-state index in [1.807, 2.05) is 0 Å². The SMILES string of the molecule is C=C.CN.Cc1ccc2c(c1)CCC2. The standard InChI is InChI=1S/C10H12.C2H4.CH5N/c1-8-5-6-9-3-2-4-10(9)7-8;2*1-2/h5-7H,2-4H2,1H3;1-2H2;2H2,1H3. The molecular weight excluding hydrogens is 170 g/mol. The highest BCUT2D eigenvalue weighted by molar-refractivity contribution is 5.34. The first-order valence-corrected chi connectivity index (χ1v) is 5.02. The lowest BCUT2D eigenvalue weighted by Gasteiger charge is -1.98. The summed E-state index contributed by atoms with van der Waals surface area (Å²) in [4.78, 5) is 0. The van der Waals surface area contributed by atoms with Gasteiger partial charge in [-0.2, -0.15) is 0 Å². The molecule has 1 aromatic rings. The van der Waals surface area contributed by atoms with Crippen LogP contribution in [0.25, 0.3) is 0 Å². The van der Waals surface area contributed by atoms with Gasteiger partial charge in [0, 0.05) is 0 Å². The molecule has 0 fully saturated rings. The van der Waals surface area contributed by atoms with Crippen LogP contribution in [0.2, 0.25) is 0 Å².